The second kappa shape index (κ2) is 9.82. The Morgan fingerprint density at radius 3 is 2.38 bits per heavy atom. The lowest BCUT2D eigenvalue weighted by atomic mass is 10.3. The fraction of sp³-hybridized carbons (Fsp3) is 0.263. The monoisotopic (exact) mass is 377 g/mol. The van der Waals surface area contributed by atoms with Crippen LogP contribution in [0.1, 0.15) is 13.3 Å². The van der Waals surface area contributed by atoms with Crippen LogP contribution >= 0.6 is 11.8 Å². The zero-order chi connectivity index (χ0) is 18.9. The lowest BCUT2D eigenvalue weighted by Crippen LogP contribution is -2.30. The maximum Gasteiger partial charge on any atom is 0.307 e. The van der Waals surface area contributed by atoms with Crippen LogP contribution in [0.15, 0.2) is 53.4 Å². The predicted octanol–water partition coefficient (Wildman–Crippen LogP) is 3.89. The quantitative estimate of drug-likeness (QED) is 0.559. The van der Waals surface area contributed by atoms with Gasteiger partial charge in [-0.25, -0.2) is 4.39 Å². The summed E-state index contributed by atoms with van der Waals surface area (Å²) < 4.78 is 23.0. The summed E-state index contributed by atoms with van der Waals surface area (Å²) in [6.07, 6.45) is -0.747. The lowest BCUT2D eigenvalue weighted by Gasteiger charge is -2.13. The van der Waals surface area contributed by atoms with Crippen LogP contribution in [0, 0.1) is 5.82 Å². The third-order valence-electron chi connectivity index (χ3n) is 3.42. The summed E-state index contributed by atoms with van der Waals surface area (Å²) in [5.74, 6) is -0.00428. The molecule has 0 saturated heterocycles. The summed E-state index contributed by atoms with van der Waals surface area (Å²) in [6.45, 7) is 1.52. The van der Waals surface area contributed by atoms with Crippen molar-refractivity contribution in [3.8, 4) is 5.75 Å². The highest BCUT2D eigenvalue weighted by Gasteiger charge is 2.17. The predicted molar refractivity (Wildman–Crippen MR) is 98.9 cm³/mol. The Bertz CT molecular complexity index is 734. The van der Waals surface area contributed by atoms with Gasteiger partial charge in [0, 0.05) is 16.3 Å². The minimum atomic E-state index is -0.902. The number of halogens is 1. The fourth-order valence-corrected chi connectivity index (χ4v) is 2.84. The summed E-state index contributed by atoms with van der Waals surface area (Å²) in [7, 11) is 1.56. The van der Waals surface area contributed by atoms with Crippen molar-refractivity contribution in [2.24, 2.45) is 0 Å². The standard InChI is InChI=1S/C19H20FNO4S/c1-13(19(23)21-15-5-7-16(24-2)8-6-15)25-18(22)11-12-26-17-9-3-14(20)4-10-17/h3-10,13H,11-12H2,1-2H3,(H,21,23)/t13-/m0/s1. The van der Waals surface area contributed by atoms with Gasteiger partial charge < -0.3 is 14.8 Å². The third kappa shape index (κ3) is 6.40. The molecular formula is C19H20FNO4S. The molecule has 0 fully saturated rings. The van der Waals surface area contributed by atoms with Gasteiger partial charge in [0.05, 0.1) is 13.5 Å². The summed E-state index contributed by atoms with van der Waals surface area (Å²) in [5.41, 5.74) is 0.588. The van der Waals surface area contributed by atoms with Crippen LogP contribution in [0.25, 0.3) is 0 Å². The molecule has 2 aromatic carbocycles. The molecule has 7 heteroatoms. The molecule has 0 aromatic heterocycles. The molecule has 0 bridgehead atoms. The van der Waals surface area contributed by atoms with Gasteiger partial charge in [0.1, 0.15) is 11.6 Å². The fourth-order valence-electron chi connectivity index (χ4n) is 2.01. The van der Waals surface area contributed by atoms with Crippen LogP contribution in [0.2, 0.25) is 0 Å². The largest absolute Gasteiger partial charge is 0.497 e. The highest BCUT2D eigenvalue weighted by molar-refractivity contribution is 7.99. The van der Waals surface area contributed by atoms with Crippen LogP contribution < -0.4 is 10.1 Å². The van der Waals surface area contributed by atoms with E-state index in [4.69, 9.17) is 9.47 Å². The molecule has 0 aliphatic carbocycles. The SMILES string of the molecule is COc1ccc(NC(=O)[C@H](C)OC(=O)CCSc2ccc(F)cc2)cc1. The number of benzene rings is 2. The Labute approximate surface area is 155 Å². The Hall–Kier alpha value is -2.54. The summed E-state index contributed by atoms with van der Waals surface area (Å²) in [4.78, 5) is 24.8. The van der Waals surface area contributed by atoms with Gasteiger partial charge in [0.2, 0.25) is 0 Å². The lowest BCUT2D eigenvalue weighted by molar-refractivity contribution is -0.152. The van der Waals surface area contributed by atoms with E-state index in [-0.39, 0.29) is 12.2 Å². The van der Waals surface area contributed by atoms with Crippen LogP contribution in [-0.2, 0) is 14.3 Å². The van der Waals surface area contributed by atoms with E-state index in [0.717, 1.165) is 4.90 Å². The third-order valence-corrected chi connectivity index (χ3v) is 4.44. The van der Waals surface area contributed by atoms with E-state index in [1.54, 1.807) is 43.5 Å². The van der Waals surface area contributed by atoms with E-state index in [1.165, 1.54) is 30.8 Å². The number of nitrogens with one attached hydrogen (secondary N) is 1. The van der Waals surface area contributed by atoms with Crippen LogP contribution in [0.5, 0.6) is 5.75 Å². The minimum absolute atomic E-state index is 0.155. The molecule has 0 spiro atoms. The van der Waals surface area contributed by atoms with Crippen molar-refractivity contribution < 1.29 is 23.5 Å². The first-order chi connectivity index (χ1) is 12.5. The summed E-state index contributed by atoms with van der Waals surface area (Å²) in [5, 5.41) is 2.67. The first kappa shape index (κ1) is 19.8. The smallest absolute Gasteiger partial charge is 0.307 e. The number of carbonyl (C=O) groups is 2. The van der Waals surface area contributed by atoms with Gasteiger partial charge in [-0.15, -0.1) is 11.8 Å². The van der Waals surface area contributed by atoms with Crippen molar-refractivity contribution in [1.82, 2.24) is 0 Å². The van der Waals surface area contributed by atoms with Gasteiger partial charge in [0.15, 0.2) is 6.10 Å². The number of anilines is 1. The maximum atomic E-state index is 12.8. The zero-order valence-corrected chi connectivity index (χ0v) is 15.3. The summed E-state index contributed by atoms with van der Waals surface area (Å²) in [6, 6.07) is 12.9. The Balaban J connectivity index is 1.72. The van der Waals surface area contributed by atoms with Gasteiger partial charge >= 0.3 is 5.97 Å². The molecule has 0 aliphatic heterocycles. The van der Waals surface area contributed by atoms with Crippen molar-refractivity contribution in [2.75, 3.05) is 18.2 Å². The molecule has 138 valence electrons. The van der Waals surface area contributed by atoms with Gasteiger partial charge in [-0.05, 0) is 55.5 Å². The summed E-state index contributed by atoms with van der Waals surface area (Å²) >= 11 is 1.42. The Kier molecular flexibility index (Phi) is 7.47. The molecule has 1 atom stereocenters. The van der Waals surface area contributed by atoms with E-state index in [2.05, 4.69) is 5.32 Å². The molecule has 2 aromatic rings. The van der Waals surface area contributed by atoms with E-state index in [0.29, 0.717) is 17.2 Å². The number of methoxy groups -OCH3 is 1. The maximum absolute atomic E-state index is 12.8. The van der Waals surface area contributed by atoms with Gasteiger partial charge in [-0.1, -0.05) is 0 Å². The normalized spacial score (nSPS) is 11.5. The highest BCUT2D eigenvalue weighted by Crippen LogP contribution is 2.19. The van der Waals surface area contributed by atoms with Crippen LogP contribution in [0.4, 0.5) is 10.1 Å². The Morgan fingerprint density at radius 2 is 1.77 bits per heavy atom. The molecule has 5 nitrogen and oxygen atoms in total. The van der Waals surface area contributed by atoms with Gasteiger partial charge in [-0.2, -0.15) is 0 Å². The number of hydrogen-bond acceptors (Lipinski definition) is 5. The topological polar surface area (TPSA) is 64.6 Å². The van der Waals surface area contributed by atoms with Crippen LogP contribution in [0.3, 0.4) is 0 Å². The highest BCUT2D eigenvalue weighted by atomic mass is 32.2. The number of rotatable bonds is 8. The zero-order valence-electron chi connectivity index (χ0n) is 14.5. The van der Waals surface area contributed by atoms with Crippen molar-refractivity contribution >= 4 is 29.3 Å². The second-order valence-corrected chi connectivity index (χ2v) is 6.57. The van der Waals surface area contributed by atoms with E-state index < -0.39 is 18.0 Å². The first-order valence-electron chi connectivity index (χ1n) is 8.00. The number of amides is 1. The van der Waals surface area contributed by atoms with Gasteiger partial charge in [0.25, 0.3) is 5.91 Å². The molecule has 0 radical (unpaired) electrons. The molecule has 2 rings (SSSR count). The van der Waals surface area contributed by atoms with Crippen molar-refractivity contribution in [3.63, 3.8) is 0 Å². The first-order valence-corrected chi connectivity index (χ1v) is 8.99. The van der Waals surface area contributed by atoms with E-state index in [1.807, 2.05) is 0 Å². The number of ether oxygens (including phenoxy) is 2. The average molecular weight is 377 g/mol. The molecule has 0 saturated carbocycles. The molecule has 26 heavy (non-hydrogen) atoms. The van der Waals surface area contributed by atoms with Crippen molar-refractivity contribution in [2.45, 2.75) is 24.3 Å². The van der Waals surface area contributed by atoms with E-state index >= 15 is 0 Å². The minimum Gasteiger partial charge on any atom is -0.497 e. The molecule has 0 unspecified atom stereocenters. The van der Waals surface area contributed by atoms with Crippen molar-refractivity contribution in [3.05, 3.63) is 54.3 Å². The number of carbonyl (C=O) groups excluding carboxylic acids is 2. The average Bonchev–Trinajstić information content (AvgIpc) is 2.64. The van der Waals surface area contributed by atoms with Gasteiger partial charge in [-0.3, -0.25) is 9.59 Å². The molecule has 1 amide bonds. The molecule has 0 heterocycles. The van der Waals surface area contributed by atoms with E-state index in [9.17, 15) is 14.0 Å². The van der Waals surface area contributed by atoms with Crippen LogP contribution in [-0.4, -0.2) is 30.8 Å². The number of thioether (sulfide) groups is 1. The Morgan fingerprint density at radius 1 is 1.12 bits per heavy atom. The molecule has 0 aliphatic rings. The van der Waals surface area contributed by atoms with Crippen molar-refractivity contribution in [1.29, 1.82) is 0 Å². The number of esters is 1. The number of hydrogen-bond donors (Lipinski definition) is 1. The molecular weight excluding hydrogens is 357 g/mol. The molecule has 1 N–H and O–H groups in total. The second-order valence-electron chi connectivity index (χ2n) is 5.40.